The Morgan fingerprint density at radius 2 is 2.08 bits per heavy atom. The molecule has 74 valence electrons. The molecule has 0 N–H and O–H groups in total. The molecule has 1 fully saturated rings. The lowest BCUT2D eigenvalue weighted by Crippen LogP contribution is -2.27. The van der Waals surface area contributed by atoms with Crippen LogP contribution in [-0.2, 0) is 9.84 Å². The van der Waals surface area contributed by atoms with E-state index in [1.165, 1.54) is 6.92 Å². The van der Waals surface area contributed by atoms with Crippen LogP contribution in [0.4, 0.5) is 0 Å². The lowest BCUT2D eigenvalue weighted by Gasteiger charge is -2.21. The van der Waals surface area contributed by atoms with Gasteiger partial charge in [-0.2, -0.15) is 0 Å². The van der Waals surface area contributed by atoms with Crippen LogP contribution < -0.4 is 5.11 Å². The summed E-state index contributed by atoms with van der Waals surface area (Å²) >= 11 is 0. The first-order chi connectivity index (χ1) is 6.05. The lowest BCUT2D eigenvalue weighted by atomic mass is 9.93. The summed E-state index contributed by atoms with van der Waals surface area (Å²) in [6.07, 6.45) is 3.27. The van der Waals surface area contributed by atoms with Crippen LogP contribution >= 0.6 is 0 Å². The van der Waals surface area contributed by atoms with E-state index in [0.717, 1.165) is 12.8 Å². The van der Waals surface area contributed by atoms with Gasteiger partial charge in [0, 0.05) is 0 Å². The molecule has 4 heteroatoms. The van der Waals surface area contributed by atoms with E-state index in [1.54, 1.807) is 0 Å². The van der Waals surface area contributed by atoms with Crippen LogP contribution in [0.1, 0.15) is 32.6 Å². The van der Waals surface area contributed by atoms with Crippen molar-refractivity contribution in [2.24, 2.45) is 0 Å². The van der Waals surface area contributed by atoms with E-state index in [9.17, 15) is 13.5 Å². The molecule has 2 rings (SSSR count). The van der Waals surface area contributed by atoms with Gasteiger partial charge >= 0.3 is 0 Å². The number of fused-ring (bicyclic) bond motifs is 1. The predicted molar refractivity (Wildman–Crippen MR) is 47.7 cm³/mol. The first-order valence-electron chi connectivity index (χ1n) is 4.68. The van der Waals surface area contributed by atoms with Crippen LogP contribution in [0.2, 0.25) is 0 Å². The topological polar surface area (TPSA) is 57.2 Å². The van der Waals surface area contributed by atoms with Crippen molar-refractivity contribution in [1.82, 2.24) is 0 Å². The van der Waals surface area contributed by atoms with Gasteiger partial charge in [0.15, 0.2) is 9.84 Å². The number of hydrogen-bond donors (Lipinski definition) is 0. The van der Waals surface area contributed by atoms with Crippen molar-refractivity contribution in [2.45, 2.75) is 43.1 Å². The zero-order chi connectivity index (χ0) is 9.64. The highest BCUT2D eigenvalue weighted by atomic mass is 32.2. The summed E-state index contributed by atoms with van der Waals surface area (Å²) in [6.45, 7) is 1.52. The summed E-state index contributed by atoms with van der Waals surface area (Å²) < 4.78 is 23.4. The van der Waals surface area contributed by atoms with E-state index in [1.807, 2.05) is 0 Å². The molecule has 1 aliphatic heterocycles. The monoisotopic (exact) mass is 201 g/mol. The van der Waals surface area contributed by atoms with E-state index in [0.29, 0.717) is 18.4 Å². The summed E-state index contributed by atoms with van der Waals surface area (Å²) in [7, 11) is -3.16. The standard InChI is InChI=1S/C9H14O3S/c1-6-9(10)7-4-2-3-5-8(7)13(6,11)12/h6,8,10H,2-5H2,1H3/p-1. The van der Waals surface area contributed by atoms with Crippen molar-refractivity contribution >= 4 is 9.84 Å². The van der Waals surface area contributed by atoms with Crippen LogP contribution in [0.5, 0.6) is 0 Å². The molecule has 13 heavy (non-hydrogen) atoms. The molecule has 2 unspecified atom stereocenters. The average molecular weight is 201 g/mol. The van der Waals surface area contributed by atoms with Crippen molar-refractivity contribution in [3.05, 3.63) is 11.3 Å². The Labute approximate surface area is 78.4 Å². The lowest BCUT2D eigenvalue weighted by molar-refractivity contribution is -0.306. The molecule has 0 amide bonds. The van der Waals surface area contributed by atoms with Gasteiger partial charge in [-0.3, -0.25) is 0 Å². The number of sulfone groups is 1. The molecule has 0 aromatic heterocycles. The van der Waals surface area contributed by atoms with Crippen LogP contribution in [0.3, 0.4) is 0 Å². The van der Waals surface area contributed by atoms with Crippen LogP contribution in [0.15, 0.2) is 11.3 Å². The van der Waals surface area contributed by atoms with Crippen molar-refractivity contribution in [1.29, 1.82) is 0 Å². The van der Waals surface area contributed by atoms with E-state index in [4.69, 9.17) is 0 Å². The Morgan fingerprint density at radius 3 is 2.69 bits per heavy atom. The minimum absolute atomic E-state index is 0.121. The van der Waals surface area contributed by atoms with Crippen LogP contribution in [0, 0.1) is 0 Å². The van der Waals surface area contributed by atoms with Gasteiger partial charge < -0.3 is 5.11 Å². The van der Waals surface area contributed by atoms with Gasteiger partial charge in [0.1, 0.15) is 0 Å². The Kier molecular flexibility index (Phi) is 1.91. The van der Waals surface area contributed by atoms with E-state index >= 15 is 0 Å². The second-order valence-corrected chi connectivity index (χ2v) is 6.31. The second kappa shape index (κ2) is 2.74. The SMILES string of the molecule is CC1C([O-])=C2CCCCC2S1(=O)=O. The molecule has 2 atom stereocenters. The van der Waals surface area contributed by atoms with Gasteiger partial charge in [-0.05, 0) is 26.2 Å². The first kappa shape index (κ1) is 9.06. The van der Waals surface area contributed by atoms with Gasteiger partial charge in [-0.1, -0.05) is 12.0 Å². The minimum Gasteiger partial charge on any atom is -0.875 e. The average Bonchev–Trinajstić information content (AvgIpc) is 2.30. The molecular weight excluding hydrogens is 188 g/mol. The fourth-order valence-electron chi connectivity index (χ4n) is 2.28. The van der Waals surface area contributed by atoms with Gasteiger partial charge in [0.25, 0.3) is 0 Å². The van der Waals surface area contributed by atoms with Gasteiger partial charge in [0.2, 0.25) is 0 Å². The maximum Gasteiger partial charge on any atom is 0.162 e. The maximum atomic E-state index is 11.7. The van der Waals surface area contributed by atoms with Gasteiger partial charge in [-0.25, -0.2) is 8.42 Å². The fraction of sp³-hybridized carbons (Fsp3) is 0.778. The maximum absolute atomic E-state index is 11.7. The van der Waals surface area contributed by atoms with Crippen molar-refractivity contribution < 1.29 is 13.5 Å². The smallest absolute Gasteiger partial charge is 0.162 e. The predicted octanol–water partition coefficient (Wildman–Crippen LogP) is 0.360. The van der Waals surface area contributed by atoms with E-state index in [-0.39, 0.29) is 5.76 Å². The third-order valence-corrected chi connectivity index (χ3v) is 5.64. The molecule has 0 bridgehead atoms. The van der Waals surface area contributed by atoms with E-state index in [2.05, 4.69) is 0 Å². The number of rotatable bonds is 0. The highest BCUT2D eigenvalue weighted by Gasteiger charge is 2.41. The first-order valence-corrected chi connectivity index (χ1v) is 6.28. The third kappa shape index (κ3) is 1.11. The largest absolute Gasteiger partial charge is 0.875 e. The summed E-state index contributed by atoms with van der Waals surface area (Å²) in [6, 6.07) is 0. The molecule has 0 radical (unpaired) electrons. The minimum atomic E-state index is -3.16. The molecule has 1 aliphatic carbocycles. The Balaban J connectivity index is 2.48. The molecule has 2 aliphatic rings. The zero-order valence-corrected chi connectivity index (χ0v) is 8.43. The molecule has 3 nitrogen and oxygen atoms in total. The fourth-order valence-corrected chi connectivity index (χ4v) is 4.35. The second-order valence-electron chi connectivity index (χ2n) is 3.86. The van der Waals surface area contributed by atoms with Crippen molar-refractivity contribution in [3.63, 3.8) is 0 Å². The molecule has 0 spiro atoms. The van der Waals surface area contributed by atoms with Crippen molar-refractivity contribution in [2.75, 3.05) is 0 Å². The Bertz CT molecular complexity index is 353. The zero-order valence-electron chi connectivity index (χ0n) is 7.62. The van der Waals surface area contributed by atoms with Gasteiger partial charge in [0.05, 0.1) is 10.5 Å². The van der Waals surface area contributed by atoms with Crippen molar-refractivity contribution in [3.8, 4) is 0 Å². The van der Waals surface area contributed by atoms with Gasteiger partial charge in [-0.15, -0.1) is 5.76 Å². The normalized spacial score (nSPS) is 37.6. The van der Waals surface area contributed by atoms with E-state index < -0.39 is 20.3 Å². The molecule has 1 heterocycles. The highest BCUT2D eigenvalue weighted by molar-refractivity contribution is 7.93. The summed E-state index contributed by atoms with van der Waals surface area (Å²) in [5.74, 6) is -0.121. The molecule has 0 aromatic carbocycles. The van der Waals surface area contributed by atoms with Crippen LogP contribution in [0.25, 0.3) is 0 Å². The molecule has 1 saturated carbocycles. The Hall–Kier alpha value is -0.510. The summed E-state index contributed by atoms with van der Waals surface area (Å²) in [5, 5.41) is 10.3. The quantitative estimate of drug-likeness (QED) is 0.568. The summed E-state index contributed by atoms with van der Waals surface area (Å²) in [5.41, 5.74) is 0.679. The molecule has 0 saturated heterocycles. The van der Waals surface area contributed by atoms with Crippen LogP contribution in [-0.4, -0.2) is 18.9 Å². The number of hydrogen-bond acceptors (Lipinski definition) is 3. The summed E-state index contributed by atoms with van der Waals surface area (Å²) in [4.78, 5) is 0. The highest BCUT2D eigenvalue weighted by Crippen LogP contribution is 2.39. The molecular formula is C9H13O3S-. The molecule has 0 aromatic rings. The Morgan fingerprint density at radius 1 is 1.38 bits per heavy atom. The third-order valence-electron chi connectivity index (χ3n) is 3.13.